The molecule has 0 aliphatic carbocycles. The summed E-state index contributed by atoms with van der Waals surface area (Å²) in [6.07, 6.45) is 3.67. The van der Waals surface area contributed by atoms with E-state index in [0.29, 0.717) is 12.5 Å². The smallest absolute Gasteiger partial charge is 0.326 e. The average Bonchev–Trinajstić information content (AvgIpc) is 2.90. The number of nitrogens with zero attached hydrogens (tertiary/aromatic N) is 1. The van der Waals surface area contributed by atoms with Gasteiger partial charge < -0.3 is 15.7 Å². The molecule has 0 aromatic rings. The van der Waals surface area contributed by atoms with Crippen LogP contribution in [0.1, 0.15) is 32.6 Å². The maximum absolute atomic E-state index is 11.8. The first-order valence-electron chi connectivity index (χ1n) is 6.65. The second-order valence-corrected chi connectivity index (χ2v) is 5.06. The molecule has 0 radical (unpaired) electrons. The maximum atomic E-state index is 11.8. The van der Waals surface area contributed by atoms with E-state index >= 15 is 0 Å². The third kappa shape index (κ3) is 2.75. The number of hydrogen-bond donors (Lipinski definition) is 3. The zero-order valence-corrected chi connectivity index (χ0v) is 10.7. The molecule has 2 heterocycles. The van der Waals surface area contributed by atoms with Crippen molar-refractivity contribution < 1.29 is 14.7 Å². The molecule has 2 aliphatic heterocycles. The zero-order chi connectivity index (χ0) is 13.1. The number of carboxylic acids is 1. The lowest BCUT2D eigenvalue weighted by Crippen LogP contribution is -2.51. The predicted octanol–water partition coefficient (Wildman–Crippen LogP) is 0.386. The van der Waals surface area contributed by atoms with Gasteiger partial charge in [0.25, 0.3) is 0 Å². The fraction of sp³-hybridized carbons (Fsp3) is 0.833. The summed E-state index contributed by atoms with van der Waals surface area (Å²) in [7, 11) is 0. The van der Waals surface area contributed by atoms with Gasteiger partial charge in [-0.1, -0.05) is 6.92 Å². The minimum atomic E-state index is -0.985. The van der Waals surface area contributed by atoms with E-state index in [1.807, 2.05) is 0 Å². The first-order chi connectivity index (χ1) is 8.61. The Morgan fingerprint density at radius 2 is 2.17 bits per heavy atom. The fourth-order valence-corrected chi connectivity index (χ4v) is 2.96. The van der Waals surface area contributed by atoms with E-state index in [4.69, 9.17) is 5.11 Å². The monoisotopic (exact) mass is 255 g/mol. The van der Waals surface area contributed by atoms with Crippen molar-refractivity contribution in [1.82, 2.24) is 15.5 Å². The minimum Gasteiger partial charge on any atom is -0.480 e. The third-order valence-electron chi connectivity index (χ3n) is 3.93. The van der Waals surface area contributed by atoms with Gasteiger partial charge in [-0.25, -0.2) is 9.59 Å². The molecule has 2 amide bonds. The molecule has 3 N–H and O–H groups in total. The van der Waals surface area contributed by atoms with Gasteiger partial charge in [-0.15, -0.1) is 0 Å². The molecule has 3 atom stereocenters. The molecular weight excluding hydrogens is 234 g/mol. The minimum absolute atomic E-state index is 0.166. The molecule has 0 bridgehead atoms. The summed E-state index contributed by atoms with van der Waals surface area (Å²) in [5, 5.41) is 14.3. The standard InChI is InChI=1S/C12H21N3O3/c1-2-8(11(16)17)13-12(18)14-9-5-7-15-6-3-4-10(9)15/h8-10H,2-7H2,1H3,(H,16,17)(H2,13,14,18). The normalized spacial score (nSPS) is 28.7. The predicted molar refractivity (Wildman–Crippen MR) is 66.4 cm³/mol. The van der Waals surface area contributed by atoms with Crippen LogP contribution >= 0.6 is 0 Å². The highest BCUT2D eigenvalue weighted by Crippen LogP contribution is 2.27. The molecule has 2 rings (SSSR count). The summed E-state index contributed by atoms with van der Waals surface area (Å²) in [5.74, 6) is -0.985. The van der Waals surface area contributed by atoms with Crippen LogP contribution in [-0.2, 0) is 4.79 Å². The summed E-state index contributed by atoms with van der Waals surface area (Å²) in [6, 6.07) is -0.548. The van der Waals surface area contributed by atoms with Crippen molar-refractivity contribution in [3.05, 3.63) is 0 Å². The number of nitrogens with one attached hydrogen (secondary N) is 2. The Morgan fingerprint density at radius 1 is 1.39 bits per heavy atom. The molecule has 2 saturated heterocycles. The number of hydrogen-bond acceptors (Lipinski definition) is 3. The number of carbonyl (C=O) groups excluding carboxylic acids is 1. The van der Waals surface area contributed by atoms with Crippen LogP contribution < -0.4 is 10.6 Å². The lowest BCUT2D eigenvalue weighted by atomic mass is 10.1. The van der Waals surface area contributed by atoms with Gasteiger partial charge in [-0.05, 0) is 32.2 Å². The van der Waals surface area contributed by atoms with Gasteiger partial charge in [-0.3, -0.25) is 4.90 Å². The highest BCUT2D eigenvalue weighted by Gasteiger charge is 2.38. The van der Waals surface area contributed by atoms with Crippen LogP contribution in [-0.4, -0.2) is 53.2 Å². The quantitative estimate of drug-likeness (QED) is 0.678. The molecule has 0 spiro atoms. The number of carboxylic acid groups (broad SMARTS) is 1. The number of amides is 2. The molecule has 18 heavy (non-hydrogen) atoms. The van der Waals surface area contributed by atoms with E-state index in [2.05, 4.69) is 15.5 Å². The van der Waals surface area contributed by atoms with Gasteiger partial charge in [0.2, 0.25) is 0 Å². The Morgan fingerprint density at radius 3 is 2.83 bits per heavy atom. The SMILES string of the molecule is CCC(NC(=O)NC1CCN2CCCC12)C(=O)O. The van der Waals surface area contributed by atoms with Crippen molar-refractivity contribution >= 4 is 12.0 Å². The van der Waals surface area contributed by atoms with Crippen LogP contribution in [0.2, 0.25) is 0 Å². The second kappa shape index (κ2) is 5.56. The van der Waals surface area contributed by atoms with Crippen molar-refractivity contribution in [1.29, 1.82) is 0 Å². The van der Waals surface area contributed by atoms with Gasteiger partial charge in [0.1, 0.15) is 6.04 Å². The third-order valence-corrected chi connectivity index (χ3v) is 3.93. The highest BCUT2D eigenvalue weighted by molar-refractivity contribution is 5.82. The Labute approximate surface area is 107 Å². The summed E-state index contributed by atoms with van der Waals surface area (Å²) in [5.41, 5.74) is 0. The van der Waals surface area contributed by atoms with Gasteiger partial charge in [0, 0.05) is 18.6 Å². The molecule has 0 aromatic heterocycles. The van der Waals surface area contributed by atoms with Crippen LogP contribution in [0.3, 0.4) is 0 Å². The second-order valence-electron chi connectivity index (χ2n) is 5.06. The lowest BCUT2D eigenvalue weighted by Gasteiger charge is -2.22. The lowest BCUT2D eigenvalue weighted by molar-refractivity contribution is -0.139. The Kier molecular flexibility index (Phi) is 4.06. The van der Waals surface area contributed by atoms with Crippen molar-refractivity contribution in [2.45, 2.75) is 50.7 Å². The van der Waals surface area contributed by atoms with Gasteiger partial charge in [0.05, 0.1) is 0 Å². The van der Waals surface area contributed by atoms with Crippen LogP contribution in [0.5, 0.6) is 0 Å². The number of carbonyl (C=O) groups is 2. The Bertz CT molecular complexity index is 335. The first-order valence-corrected chi connectivity index (χ1v) is 6.65. The van der Waals surface area contributed by atoms with Crippen molar-refractivity contribution in [2.24, 2.45) is 0 Å². The van der Waals surface area contributed by atoms with Crippen molar-refractivity contribution in [2.75, 3.05) is 13.1 Å². The van der Waals surface area contributed by atoms with Gasteiger partial charge in [-0.2, -0.15) is 0 Å². The Hall–Kier alpha value is -1.30. The molecule has 0 saturated carbocycles. The largest absolute Gasteiger partial charge is 0.480 e. The van der Waals surface area contributed by atoms with E-state index in [-0.39, 0.29) is 12.1 Å². The van der Waals surface area contributed by atoms with E-state index < -0.39 is 12.0 Å². The van der Waals surface area contributed by atoms with E-state index in [0.717, 1.165) is 25.9 Å². The molecule has 102 valence electrons. The zero-order valence-electron chi connectivity index (χ0n) is 10.7. The van der Waals surface area contributed by atoms with Crippen molar-refractivity contribution in [3.63, 3.8) is 0 Å². The van der Waals surface area contributed by atoms with E-state index in [1.165, 1.54) is 6.42 Å². The van der Waals surface area contributed by atoms with Crippen molar-refractivity contribution in [3.8, 4) is 0 Å². The number of rotatable bonds is 4. The molecule has 2 aliphatic rings. The summed E-state index contributed by atoms with van der Waals surface area (Å²) < 4.78 is 0. The first kappa shape index (κ1) is 13.1. The summed E-state index contributed by atoms with van der Waals surface area (Å²) >= 11 is 0. The molecule has 6 nitrogen and oxygen atoms in total. The van der Waals surface area contributed by atoms with Gasteiger partial charge in [0.15, 0.2) is 0 Å². The van der Waals surface area contributed by atoms with Crippen LogP contribution in [0, 0.1) is 0 Å². The molecule has 3 unspecified atom stereocenters. The van der Waals surface area contributed by atoms with E-state index in [9.17, 15) is 9.59 Å². The van der Waals surface area contributed by atoms with Crippen LogP contribution in [0.4, 0.5) is 4.79 Å². The molecule has 2 fully saturated rings. The highest BCUT2D eigenvalue weighted by atomic mass is 16.4. The number of urea groups is 1. The van der Waals surface area contributed by atoms with Crippen LogP contribution in [0.25, 0.3) is 0 Å². The van der Waals surface area contributed by atoms with Gasteiger partial charge >= 0.3 is 12.0 Å². The molecule has 6 heteroatoms. The summed E-state index contributed by atoms with van der Waals surface area (Å²) in [6.45, 7) is 3.90. The fourth-order valence-electron chi connectivity index (χ4n) is 2.96. The van der Waals surface area contributed by atoms with E-state index in [1.54, 1.807) is 6.92 Å². The number of aliphatic carboxylic acids is 1. The number of fused-ring (bicyclic) bond motifs is 1. The van der Waals surface area contributed by atoms with Crippen LogP contribution in [0.15, 0.2) is 0 Å². The maximum Gasteiger partial charge on any atom is 0.326 e. The Balaban J connectivity index is 1.82. The average molecular weight is 255 g/mol. The topological polar surface area (TPSA) is 81.7 Å². The molecule has 0 aromatic carbocycles. The molecular formula is C12H21N3O3. The summed E-state index contributed by atoms with van der Waals surface area (Å²) in [4.78, 5) is 25.0.